The second-order valence-corrected chi connectivity index (χ2v) is 3.97. The van der Waals surface area contributed by atoms with Crippen molar-refractivity contribution in [2.24, 2.45) is 5.73 Å². The van der Waals surface area contributed by atoms with Crippen molar-refractivity contribution in [2.45, 2.75) is 6.04 Å². The topological polar surface area (TPSA) is 41.7 Å². The molecule has 2 aliphatic heterocycles. The third-order valence-corrected chi connectivity index (χ3v) is 3.02. The summed E-state index contributed by atoms with van der Waals surface area (Å²) in [7, 11) is 0. The highest BCUT2D eigenvalue weighted by Gasteiger charge is 2.28. The van der Waals surface area contributed by atoms with Crippen LogP contribution in [-0.2, 0) is 4.74 Å². The van der Waals surface area contributed by atoms with Crippen LogP contribution >= 0.6 is 12.2 Å². The summed E-state index contributed by atoms with van der Waals surface area (Å²) in [5.74, 6) is 0. The molecule has 0 aliphatic carbocycles. The number of rotatable bonds is 1. The molecule has 2 aliphatic rings. The lowest BCUT2D eigenvalue weighted by Gasteiger charge is -2.42. The molecule has 2 fully saturated rings. The Bertz CT molecular complexity index is 200. The van der Waals surface area contributed by atoms with Gasteiger partial charge < -0.3 is 15.4 Å². The van der Waals surface area contributed by atoms with Gasteiger partial charge in [-0.25, -0.2) is 0 Å². The van der Waals surface area contributed by atoms with Gasteiger partial charge in [-0.05, 0) is 12.2 Å². The van der Waals surface area contributed by atoms with Crippen molar-refractivity contribution in [3.8, 4) is 0 Å². The number of nitrogens with zero attached hydrogens (tertiary/aromatic N) is 2. The zero-order valence-corrected chi connectivity index (χ0v) is 8.42. The summed E-state index contributed by atoms with van der Waals surface area (Å²) in [5, 5.41) is 0.532. The molecule has 0 radical (unpaired) electrons. The van der Waals surface area contributed by atoms with Gasteiger partial charge in [0.25, 0.3) is 0 Å². The summed E-state index contributed by atoms with van der Waals surface area (Å²) in [4.78, 5) is 4.52. The standard InChI is InChI=1S/C8H15N3OS/c9-8(13)11-3-1-10(2-4-11)7-5-12-6-7/h7H,1-6H2,(H2,9,13). The average Bonchev–Trinajstić information content (AvgIpc) is 2.02. The second-order valence-electron chi connectivity index (χ2n) is 3.55. The lowest BCUT2D eigenvalue weighted by Crippen LogP contribution is -2.58. The monoisotopic (exact) mass is 201 g/mol. The lowest BCUT2D eigenvalue weighted by atomic mass is 10.2. The van der Waals surface area contributed by atoms with E-state index >= 15 is 0 Å². The van der Waals surface area contributed by atoms with Crippen molar-refractivity contribution >= 4 is 17.3 Å². The Kier molecular flexibility index (Phi) is 2.66. The highest BCUT2D eigenvalue weighted by atomic mass is 32.1. The number of hydrogen-bond donors (Lipinski definition) is 1. The van der Waals surface area contributed by atoms with Gasteiger partial charge in [-0.1, -0.05) is 0 Å². The summed E-state index contributed by atoms with van der Waals surface area (Å²) in [5.41, 5.74) is 5.55. The molecule has 0 amide bonds. The van der Waals surface area contributed by atoms with Crippen molar-refractivity contribution < 1.29 is 4.74 Å². The van der Waals surface area contributed by atoms with E-state index in [-0.39, 0.29) is 0 Å². The molecule has 2 rings (SSSR count). The zero-order valence-electron chi connectivity index (χ0n) is 7.61. The maximum atomic E-state index is 5.55. The molecule has 0 aromatic rings. The smallest absolute Gasteiger partial charge is 0.166 e. The fourth-order valence-corrected chi connectivity index (χ4v) is 1.92. The Balaban J connectivity index is 1.78. The number of nitrogens with two attached hydrogens (primary N) is 1. The van der Waals surface area contributed by atoms with E-state index in [1.54, 1.807) is 0 Å². The van der Waals surface area contributed by atoms with Gasteiger partial charge in [0.05, 0.1) is 19.3 Å². The highest BCUT2D eigenvalue weighted by Crippen LogP contribution is 2.12. The van der Waals surface area contributed by atoms with Crippen LogP contribution in [0.2, 0.25) is 0 Å². The Hall–Kier alpha value is -0.390. The summed E-state index contributed by atoms with van der Waals surface area (Å²) >= 11 is 4.92. The molecule has 13 heavy (non-hydrogen) atoms. The van der Waals surface area contributed by atoms with Gasteiger partial charge >= 0.3 is 0 Å². The minimum atomic E-state index is 0.532. The Labute approximate surface area is 83.6 Å². The Morgan fingerprint density at radius 2 is 1.85 bits per heavy atom. The van der Waals surface area contributed by atoms with Gasteiger partial charge in [0.15, 0.2) is 5.11 Å². The number of ether oxygens (including phenoxy) is 1. The van der Waals surface area contributed by atoms with E-state index in [1.807, 2.05) is 0 Å². The molecule has 0 bridgehead atoms. The predicted molar refractivity (Wildman–Crippen MR) is 54.5 cm³/mol. The van der Waals surface area contributed by atoms with Crippen LogP contribution in [0.4, 0.5) is 0 Å². The first-order valence-corrected chi connectivity index (χ1v) is 5.04. The van der Waals surface area contributed by atoms with Crippen molar-refractivity contribution in [2.75, 3.05) is 39.4 Å². The number of piperazine rings is 1. The van der Waals surface area contributed by atoms with E-state index < -0.39 is 0 Å². The minimum absolute atomic E-state index is 0.532. The van der Waals surface area contributed by atoms with Crippen LogP contribution in [0.3, 0.4) is 0 Å². The summed E-state index contributed by atoms with van der Waals surface area (Å²) in [6.07, 6.45) is 0. The fourth-order valence-electron chi connectivity index (χ4n) is 1.74. The van der Waals surface area contributed by atoms with E-state index in [4.69, 9.17) is 22.7 Å². The van der Waals surface area contributed by atoms with E-state index in [0.717, 1.165) is 39.4 Å². The van der Waals surface area contributed by atoms with E-state index in [2.05, 4.69) is 9.80 Å². The largest absolute Gasteiger partial charge is 0.378 e. The number of hydrogen-bond acceptors (Lipinski definition) is 3. The predicted octanol–water partition coefficient (Wildman–Crippen LogP) is -0.754. The zero-order chi connectivity index (χ0) is 9.26. The lowest BCUT2D eigenvalue weighted by molar-refractivity contribution is -0.0728. The maximum absolute atomic E-state index is 5.55. The Morgan fingerprint density at radius 3 is 2.23 bits per heavy atom. The van der Waals surface area contributed by atoms with Crippen LogP contribution < -0.4 is 5.73 Å². The first-order valence-electron chi connectivity index (χ1n) is 4.63. The summed E-state index contributed by atoms with van der Waals surface area (Å²) < 4.78 is 5.16. The van der Waals surface area contributed by atoms with Crippen LogP contribution in [0.25, 0.3) is 0 Å². The van der Waals surface area contributed by atoms with E-state index in [0.29, 0.717) is 11.2 Å². The molecular formula is C8H15N3OS. The average molecular weight is 201 g/mol. The van der Waals surface area contributed by atoms with Crippen LogP contribution in [-0.4, -0.2) is 60.3 Å². The molecule has 0 saturated carbocycles. The van der Waals surface area contributed by atoms with Crippen LogP contribution in [0.15, 0.2) is 0 Å². The molecule has 5 heteroatoms. The molecule has 2 heterocycles. The second kappa shape index (κ2) is 3.77. The van der Waals surface area contributed by atoms with Gasteiger partial charge in [0.1, 0.15) is 0 Å². The van der Waals surface area contributed by atoms with Crippen LogP contribution in [0.5, 0.6) is 0 Å². The molecule has 2 N–H and O–H groups in total. The highest BCUT2D eigenvalue weighted by molar-refractivity contribution is 7.80. The van der Waals surface area contributed by atoms with E-state index in [9.17, 15) is 0 Å². The van der Waals surface area contributed by atoms with Gasteiger partial charge in [0, 0.05) is 26.2 Å². The van der Waals surface area contributed by atoms with Crippen LogP contribution in [0.1, 0.15) is 0 Å². The maximum Gasteiger partial charge on any atom is 0.166 e. The SMILES string of the molecule is NC(=S)N1CCN(C2COC2)CC1. The van der Waals surface area contributed by atoms with E-state index in [1.165, 1.54) is 0 Å². The summed E-state index contributed by atoms with van der Waals surface area (Å²) in [6, 6.07) is 0.647. The molecule has 0 aromatic heterocycles. The third-order valence-electron chi connectivity index (χ3n) is 2.76. The molecule has 0 aromatic carbocycles. The van der Waals surface area contributed by atoms with Crippen molar-refractivity contribution in [1.29, 1.82) is 0 Å². The summed E-state index contributed by atoms with van der Waals surface area (Å²) in [6.45, 7) is 5.84. The minimum Gasteiger partial charge on any atom is -0.378 e. The molecule has 0 unspecified atom stereocenters. The molecule has 74 valence electrons. The van der Waals surface area contributed by atoms with Crippen molar-refractivity contribution in [3.05, 3.63) is 0 Å². The molecule has 2 saturated heterocycles. The van der Waals surface area contributed by atoms with Crippen molar-refractivity contribution in [3.63, 3.8) is 0 Å². The molecular weight excluding hydrogens is 186 g/mol. The normalized spacial score (nSPS) is 25.7. The first-order chi connectivity index (χ1) is 6.27. The van der Waals surface area contributed by atoms with Gasteiger partial charge in [-0.3, -0.25) is 4.90 Å². The third kappa shape index (κ3) is 1.92. The molecule has 0 atom stereocenters. The van der Waals surface area contributed by atoms with Gasteiger partial charge in [0.2, 0.25) is 0 Å². The van der Waals surface area contributed by atoms with Gasteiger partial charge in [-0.15, -0.1) is 0 Å². The van der Waals surface area contributed by atoms with Crippen LogP contribution in [0, 0.1) is 0 Å². The molecule has 0 spiro atoms. The first kappa shape index (κ1) is 9.18. The number of thiocarbonyl (C=S) groups is 1. The fraction of sp³-hybridized carbons (Fsp3) is 0.875. The van der Waals surface area contributed by atoms with Gasteiger partial charge in [-0.2, -0.15) is 0 Å². The quantitative estimate of drug-likeness (QED) is 0.565. The molecule has 4 nitrogen and oxygen atoms in total. The van der Waals surface area contributed by atoms with Crippen molar-refractivity contribution in [1.82, 2.24) is 9.80 Å². The Morgan fingerprint density at radius 1 is 1.23 bits per heavy atom.